The van der Waals surface area contributed by atoms with Gasteiger partial charge in [-0.3, -0.25) is 4.79 Å². The molecule has 0 heterocycles. The van der Waals surface area contributed by atoms with E-state index in [1.807, 2.05) is 54.6 Å². The highest BCUT2D eigenvalue weighted by atomic mass is 35.5. The summed E-state index contributed by atoms with van der Waals surface area (Å²) in [6.45, 7) is 3.28. The van der Waals surface area contributed by atoms with Crippen LogP contribution >= 0.6 is 11.6 Å². The number of carbonyl (C=O) groups is 2. The molecule has 0 atom stereocenters. The highest BCUT2D eigenvalue weighted by Gasteiger charge is 2.32. The lowest BCUT2D eigenvalue weighted by molar-refractivity contribution is -0.149. The van der Waals surface area contributed by atoms with Crippen molar-refractivity contribution in [1.29, 1.82) is 0 Å². The lowest BCUT2D eigenvalue weighted by Crippen LogP contribution is -2.41. The Balaban J connectivity index is 1.36. The summed E-state index contributed by atoms with van der Waals surface area (Å²) in [7, 11) is 0. The Morgan fingerprint density at radius 1 is 0.667 bits per heavy atom. The fraction of sp³-hybridized carbons (Fsp3) is 0.0968. The van der Waals surface area contributed by atoms with Crippen molar-refractivity contribution in [2.24, 2.45) is 0 Å². The van der Waals surface area contributed by atoms with Gasteiger partial charge in [-0.1, -0.05) is 66.2 Å². The molecule has 180 valence electrons. The predicted molar refractivity (Wildman–Crippen MR) is 143 cm³/mol. The third kappa shape index (κ3) is 6.49. The zero-order valence-electron chi connectivity index (χ0n) is 20.0. The molecule has 4 nitrogen and oxygen atoms in total. The second-order valence-corrected chi connectivity index (χ2v) is 9.11. The number of ether oxygens (including phenoxy) is 2. The number of carbonyl (C=O) groups excluding carboxylic acids is 2. The number of ketones is 1. The van der Waals surface area contributed by atoms with Crippen LogP contribution in [0.4, 0.5) is 0 Å². The van der Waals surface area contributed by atoms with Gasteiger partial charge in [-0.05, 0) is 85.6 Å². The summed E-state index contributed by atoms with van der Waals surface area (Å²) >= 11 is 5.89. The van der Waals surface area contributed by atoms with Crippen molar-refractivity contribution in [2.45, 2.75) is 19.4 Å². The molecule has 0 bridgehead atoms. The highest BCUT2D eigenvalue weighted by molar-refractivity contribution is 6.30. The molecule has 4 aromatic carbocycles. The Labute approximate surface area is 215 Å². The minimum atomic E-state index is -1.24. The molecule has 0 aromatic heterocycles. The summed E-state index contributed by atoms with van der Waals surface area (Å²) in [5, 5.41) is 0.570. The normalized spacial score (nSPS) is 11.3. The molecule has 0 N–H and O–H groups in total. The molecule has 0 aliphatic carbocycles. The molecule has 4 aromatic rings. The fourth-order valence-electron chi connectivity index (χ4n) is 3.41. The minimum Gasteiger partial charge on any atom is -0.476 e. The predicted octanol–water partition coefficient (Wildman–Crippen LogP) is 7.50. The van der Waals surface area contributed by atoms with E-state index in [9.17, 15) is 9.59 Å². The summed E-state index contributed by atoms with van der Waals surface area (Å²) in [4.78, 5) is 25.4. The van der Waals surface area contributed by atoms with Crippen LogP contribution in [0.5, 0.6) is 11.5 Å². The molecular formula is C31H25ClO4. The van der Waals surface area contributed by atoms with Gasteiger partial charge in [-0.2, -0.15) is 0 Å². The molecule has 5 heteroatoms. The molecule has 0 spiro atoms. The first-order valence-electron chi connectivity index (χ1n) is 11.4. The van der Waals surface area contributed by atoms with Gasteiger partial charge in [0, 0.05) is 16.1 Å². The van der Waals surface area contributed by atoms with Crippen molar-refractivity contribution in [1.82, 2.24) is 0 Å². The molecule has 0 aliphatic rings. The summed E-state index contributed by atoms with van der Waals surface area (Å²) in [6.07, 6.45) is 4.02. The maximum Gasteiger partial charge on any atom is 0.355 e. The zero-order chi connectivity index (χ0) is 25.5. The number of halogens is 1. The monoisotopic (exact) mass is 496 g/mol. The Hall–Kier alpha value is -4.15. The second kappa shape index (κ2) is 11.1. The van der Waals surface area contributed by atoms with Gasteiger partial charge in [0.05, 0.1) is 0 Å². The summed E-state index contributed by atoms with van der Waals surface area (Å²) in [6, 6.07) is 30.6. The van der Waals surface area contributed by atoms with Gasteiger partial charge in [0.25, 0.3) is 0 Å². The standard InChI is InChI=1S/C31H25ClO4/c1-31(2,36-28-20-14-25(15-21-28)29(33)24-12-16-26(32)17-13-24)30(34)35-27-18-10-23(11-19-27)9-8-22-6-4-3-5-7-22/h3-21H,1-2H3/b9-8+. The van der Waals surface area contributed by atoms with Crippen LogP contribution in [0.25, 0.3) is 12.2 Å². The molecule has 0 radical (unpaired) electrons. The Morgan fingerprint density at radius 3 is 1.75 bits per heavy atom. The SMILES string of the molecule is CC(C)(Oc1ccc(C(=O)c2ccc(Cl)cc2)cc1)C(=O)Oc1ccc(/C=C/c2ccccc2)cc1. The van der Waals surface area contributed by atoms with Crippen LogP contribution in [0, 0.1) is 0 Å². The number of esters is 1. The van der Waals surface area contributed by atoms with Crippen molar-refractivity contribution >= 4 is 35.5 Å². The lowest BCUT2D eigenvalue weighted by atomic mass is 10.0. The first kappa shape index (κ1) is 25.0. The molecule has 0 saturated carbocycles. The second-order valence-electron chi connectivity index (χ2n) is 8.68. The number of rotatable bonds is 8. The van der Waals surface area contributed by atoms with Gasteiger partial charge >= 0.3 is 5.97 Å². The molecule has 0 fully saturated rings. The van der Waals surface area contributed by atoms with Crippen molar-refractivity contribution in [3.05, 3.63) is 130 Å². The van der Waals surface area contributed by atoms with Crippen molar-refractivity contribution in [2.75, 3.05) is 0 Å². The third-order valence-corrected chi connectivity index (χ3v) is 5.70. The smallest absolute Gasteiger partial charge is 0.355 e. The summed E-state index contributed by atoms with van der Waals surface area (Å²) < 4.78 is 11.4. The van der Waals surface area contributed by atoms with Crippen LogP contribution in [0.1, 0.15) is 40.9 Å². The largest absolute Gasteiger partial charge is 0.476 e. The van der Waals surface area contributed by atoms with E-state index in [2.05, 4.69) is 0 Å². The first-order chi connectivity index (χ1) is 17.3. The van der Waals surface area contributed by atoms with Crippen LogP contribution in [-0.4, -0.2) is 17.4 Å². The average Bonchev–Trinajstić information content (AvgIpc) is 2.89. The van der Waals surface area contributed by atoms with E-state index in [0.29, 0.717) is 27.6 Å². The van der Waals surface area contributed by atoms with Gasteiger partial charge in [-0.25, -0.2) is 4.79 Å². The van der Waals surface area contributed by atoms with Crippen molar-refractivity contribution in [3.63, 3.8) is 0 Å². The van der Waals surface area contributed by atoms with Crippen LogP contribution in [0.3, 0.4) is 0 Å². The number of hydrogen-bond acceptors (Lipinski definition) is 4. The van der Waals surface area contributed by atoms with Crippen molar-refractivity contribution < 1.29 is 19.1 Å². The zero-order valence-corrected chi connectivity index (χ0v) is 20.7. The maximum atomic E-state index is 12.8. The molecular weight excluding hydrogens is 472 g/mol. The van der Waals surface area contributed by atoms with E-state index in [4.69, 9.17) is 21.1 Å². The van der Waals surface area contributed by atoms with E-state index < -0.39 is 11.6 Å². The van der Waals surface area contributed by atoms with E-state index in [-0.39, 0.29) is 5.78 Å². The quantitative estimate of drug-likeness (QED) is 0.110. The van der Waals surface area contributed by atoms with Crippen LogP contribution in [0.2, 0.25) is 5.02 Å². The van der Waals surface area contributed by atoms with E-state index in [0.717, 1.165) is 11.1 Å². The minimum absolute atomic E-state index is 0.126. The summed E-state index contributed by atoms with van der Waals surface area (Å²) in [5.74, 6) is 0.221. The van der Waals surface area contributed by atoms with Gasteiger partial charge in [0.2, 0.25) is 5.60 Å². The Bertz CT molecular complexity index is 1360. The molecule has 0 aliphatic heterocycles. The molecule has 4 rings (SSSR count). The van der Waals surface area contributed by atoms with E-state index >= 15 is 0 Å². The molecule has 0 unspecified atom stereocenters. The topological polar surface area (TPSA) is 52.6 Å². The summed E-state index contributed by atoms with van der Waals surface area (Å²) in [5.41, 5.74) is 1.90. The number of benzene rings is 4. The van der Waals surface area contributed by atoms with Gasteiger partial charge in [0.15, 0.2) is 5.78 Å². The van der Waals surface area contributed by atoms with Gasteiger partial charge in [0.1, 0.15) is 11.5 Å². The average molecular weight is 497 g/mol. The fourth-order valence-corrected chi connectivity index (χ4v) is 3.54. The molecule has 0 amide bonds. The Kier molecular flexibility index (Phi) is 7.67. The molecule has 36 heavy (non-hydrogen) atoms. The first-order valence-corrected chi connectivity index (χ1v) is 11.8. The van der Waals surface area contributed by atoms with Gasteiger partial charge < -0.3 is 9.47 Å². The lowest BCUT2D eigenvalue weighted by Gasteiger charge is -2.24. The third-order valence-electron chi connectivity index (χ3n) is 5.45. The van der Waals surface area contributed by atoms with Crippen LogP contribution in [-0.2, 0) is 4.79 Å². The van der Waals surface area contributed by atoms with Crippen molar-refractivity contribution in [3.8, 4) is 11.5 Å². The van der Waals surface area contributed by atoms with Crippen LogP contribution < -0.4 is 9.47 Å². The van der Waals surface area contributed by atoms with Gasteiger partial charge in [-0.15, -0.1) is 0 Å². The van der Waals surface area contributed by atoms with E-state index in [1.165, 1.54) is 0 Å². The van der Waals surface area contributed by atoms with Crippen LogP contribution in [0.15, 0.2) is 103 Å². The maximum absolute atomic E-state index is 12.8. The van der Waals surface area contributed by atoms with E-state index in [1.54, 1.807) is 74.5 Å². The number of hydrogen-bond donors (Lipinski definition) is 0. The Morgan fingerprint density at radius 2 is 1.17 bits per heavy atom. The highest BCUT2D eigenvalue weighted by Crippen LogP contribution is 2.23. The molecule has 0 saturated heterocycles.